The Morgan fingerprint density at radius 2 is 0.803 bits per heavy atom. The summed E-state index contributed by atoms with van der Waals surface area (Å²) in [6.07, 6.45) is 0. The van der Waals surface area contributed by atoms with E-state index in [2.05, 4.69) is 247 Å². The molecule has 13 rings (SSSR count). The first kappa shape index (κ1) is 37.9. The van der Waals surface area contributed by atoms with Gasteiger partial charge in [0.15, 0.2) is 0 Å². The first-order chi connectivity index (χ1) is 32.6. The second kappa shape index (κ2) is 15.0. The zero-order valence-electron chi connectivity index (χ0n) is 36.4. The Labute approximate surface area is 383 Å². The summed E-state index contributed by atoms with van der Waals surface area (Å²) in [7, 11) is 0. The van der Waals surface area contributed by atoms with Crippen molar-refractivity contribution in [3.8, 4) is 55.9 Å². The fraction of sp³-hybridized carbons (Fsp3) is 0.0159. The Balaban J connectivity index is 0.989. The molecule has 0 fully saturated rings. The molecule has 3 heteroatoms. The van der Waals surface area contributed by atoms with Crippen LogP contribution in [0.25, 0.3) is 111 Å². The molecule has 0 saturated carbocycles. The Bertz CT molecular complexity index is 3940. The third-order valence-electron chi connectivity index (χ3n) is 13.8. The molecule has 310 valence electrons. The monoisotopic (exact) mass is 841 g/mol. The minimum Gasteiger partial charge on any atom is -0.398 e. The first-order valence-electron chi connectivity index (χ1n) is 22.7. The summed E-state index contributed by atoms with van der Waals surface area (Å²) >= 11 is 0. The fourth-order valence-corrected chi connectivity index (χ4v) is 10.7. The van der Waals surface area contributed by atoms with Gasteiger partial charge in [0, 0.05) is 44.2 Å². The van der Waals surface area contributed by atoms with Crippen LogP contribution in [0.5, 0.6) is 0 Å². The van der Waals surface area contributed by atoms with Crippen molar-refractivity contribution in [1.29, 1.82) is 0 Å². The Morgan fingerprint density at radius 3 is 1.50 bits per heavy atom. The van der Waals surface area contributed by atoms with Gasteiger partial charge in [-0.05, 0) is 146 Å². The molecular weight excluding hydrogens is 799 g/mol. The van der Waals surface area contributed by atoms with Gasteiger partial charge in [-0.25, -0.2) is 0 Å². The molecule has 1 aliphatic carbocycles. The van der Waals surface area contributed by atoms with Gasteiger partial charge in [0.05, 0.1) is 22.1 Å². The van der Waals surface area contributed by atoms with Crippen molar-refractivity contribution in [2.24, 2.45) is 5.73 Å². The molecule has 0 aliphatic heterocycles. The Kier molecular flexibility index (Phi) is 8.59. The molecule has 0 amide bonds. The van der Waals surface area contributed by atoms with Crippen molar-refractivity contribution < 1.29 is 0 Å². The van der Waals surface area contributed by atoms with Gasteiger partial charge in [0.2, 0.25) is 0 Å². The average molecular weight is 842 g/mol. The third kappa shape index (κ3) is 5.91. The highest BCUT2D eigenvalue weighted by Crippen LogP contribution is 2.48. The molecule has 2 N–H and O–H groups in total. The summed E-state index contributed by atoms with van der Waals surface area (Å²) in [5, 5.41) is 4.88. The number of aryl methyl sites for hydroxylation is 1. The maximum atomic E-state index is 7.28. The lowest BCUT2D eigenvalue weighted by Gasteiger charge is -2.13. The van der Waals surface area contributed by atoms with Gasteiger partial charge in [-0.1, -0.05) is 158 Å². The SMILES string of the molecule is Cc1cccc2c1/C(=C(\N)c1cccc(-c3ccc4c(c3)c3cc(-c5ccc6c(c5)c5ccccc5n6-c5ccccc5)ccc3n4-c3cccc(-c4ccccc4)c3)c1)c1ccccc1-2. The number of hydrogen-bond acceptors (Lipinski definition) is 1. The van der Waals surface area contributed by atoms with Gasteiger partial charge in [-0.2, -0.15) is 0 Å². The number of aromatic nitrogens is 2. The Hall–Kier alpha value is -8.66. The summed E-state index contributed by atoms with van der Waals surface area (Å²) in [4.78, 5) is 0. The third-order valence-corrected chi connectivity index (χ3v) is 13.8. The van der Waals surface area contributed by atoms with Crippen molar-refractivity contribution in [1.82, 2.24) is 9.13 Å². The summed E-state index contributed by atoms with van der Waals surface area (Å²) in [5.41, 5.74) is 30.3. The van der Waals surface area contributed by atoms with E-state index in [1.54, 1.807) is 0 Å². The number of nitrogens with zero attached hydrogens (tertiary/aromatic N) is 2. The predicted octanol–water partition coefficient (Wildman–Crippen LogP) is 16.0. The van der Waals surface area contributed by atoms with E-state index in [0.717, 1.165) is 50.4 Å². The summed E-state index contributed by atoms with van der Waals surface area (Å²) < 4.78 is 4.81. The van der Waals surface area contributed by atoms with Crippen molar-refractivity contribution in [3.63, 3.8) is 0 Å². The van der Waals surface area contributed by atoms with E-state index < -0.39 is 0 Å². The van der Waals surface area contributed by atoms with E-state index in [-0.39, 0.29) is 0 Å². The van der Waals surface area contributed by atoms with Crippen LogP contribution in [-0.4, -0.2) is 9.13 Å². The maximum Gasteiger partial charge on any atom is 0.0541 e. The standard InChI is InChI=1S/C63H43N3/c1-40-15-12-27-52-50-24-8-9-26-53(50)62(61(40)52)63(64)47-20-13-18-42(35-47)44-29-33-59-55(38-44)56-39-46(31-34-60(56)66(59)49-23-14-19-43(36-49)41-16-4-2-5-17-41)45-30-32-58-54(37-45)51-25-10-11-28-57(51)65(58)48-21-6-3-7-22-48/h2-39H,64H2,1H3/b63-62-. The molecular formula is C63H43N3. The lowest BCUT2D eigenvalue weighted by molar-refractivity contribution is 1.18. The topological polar surface area (TPSA) is 35.9 Å². The zero-order chi connectivity index (χ0) is 43.9. The highest BCUT2D eigenvalue weighted by atomic mass is 15.0. The molecule has 2 heterocycles. The van der Waals surface area contributed by atoms with Crippen LogP contribution in [-0.2, 0) is 0 Å². The number of para-hydroxylation sites is 2. The largest absolute Gasteiger partial charge is 0.398 e. The fourth-order valence-electron chi connectivity index (χ4n) is 10.7. The van der Waals surface area contributed by atoms with Gasteiger partial charge < -0.3 is 14.9 Å². The maximum absolute atomic E-state index is 7.28. The van der Waals surface area contributed by atoms with E-state index in [4.69, 9.17) is 5.73 Å². The van der Waals surface area contributed by atoms with Crippen molar-refractivity contribution >= 4 is 54.9 Å². The van der Waals surface area contributed by atoms with E-state index in [1.165, 1.54) is 82.6 Å². The number of hydrogen-bond donors (Lipinski definition) is 1. The molecule has 1 aliphatic rings. The zero-order valence-corrected chi connectivity index (χ0v) is 36.4. The molecule has 3 nitrogen and oxygen atoms in total. The first-order valence-corrected chi connectivity index (χ1v) is 22.7. The minimum absolute atomic E-state index is 0.793. The van der Waals surface area contributed by atoms with Crippen LogP contribution in [0.15, 0.2) is 231 Å². The molecule has 66 heavy (non-hydrogen) atoms. The molecule has 0 radical (unpaired) electrons. The Morgan fingerprint density at radius 1 is 0.333 bits per heavy atom. The number of nitrogens with two attached hydrogens (primary N) is 1. The van der Waals surface area contributed by atoms with Gasteiger partial charge in [-0.3, -0.25) is 0 Å². The second-order valence-electron chi connectivity index (χ2n) is 17.5. The van der Waals surface area contributed by atoms with Gasteiger partial charge in [0.1, 0.15) is 0 Å². The van der Waals surface area contributed by atoms with E-state index in [9.17, 15) is 0 Å². The lowest BCUT2D eigenvalue weighted by Crippen LogP contribution is -2.02. The van der Waals surface area contributed by atoms with Crippen LogP contribution < -0.4 is 5.73 Å². The molecule has 0 atom stereocenters. The van der Waals surface area contributed by atoms with E-state index in [1.807, 2.05) is 0 Å². The van der Waals surface area contributed by atoms with Crippen LogP contribution in [0.3, 0.4) is 0 Å². The van der Waals surface area contributed by atoms with Crippen LogP contribution in [0, 0.1) is 6.92 Å². The van der Waals surface area contributed by atoms with E-state index >= 15 is 0 Å². The van der Waals surface area contributed by atoms with Crippen LogP contribution in [0.4, 0.5) is 0 Å². The second-order valence-corrected chi connectivity index (χ2v) is 17.5. The quantitative estimate of drug-likeness (QED) is 0.178. The van der Waals surface area contributed by atoms with Crippen LogP contribution >= 0.6 is 0 Å². The van der Waals surface area contributed by atoms with E-state index in [0.29, 0.717) is 0 Å². The predicted molar refractivity (Wildman–Crippen MR) is 278 cm³/mol. The van der Waals surface area contributed by atoms with Gasteiger partial charge in [0.25, 0.3) is 0 Å². The lowest BCUT2D eigenvalue weighted by atomic mass is 9.93. The molecule has 0 spiro atoms. The minimum atomic E-state index is 0.793. The highest BCUT2D eigenvalue weighted by Gasteiger charge is 2.27. The van der Waals surface area contributed by atoms with Crippen LogP contribution in [0.2, 0.25) is 0 Å². The summed E-state index contributed by atoms with van der Waals surface area (Å²) in [6, 6.07) is 83.8. The number of fused-ring (bicyclic) bond motifs is 9. The highest BCUT2D eigenvalue weighted by molar-refractivity contribution is 6.14. The van der Waals surface area contributed by atoms with Gasteiger partial charge in [-0.15, -0.1) is 0 Å². The molecule has 0 saturated heterocycles. The molecule has 12 aromatic rings. The number of rotatable bonds is 6. The smallest absolute Gasteiger partial charge is 0.0541 e. The van der Waals surface area contributed by atoms with Crippen LogP contribution in [0.1, 0.15) is 22.3 Å². The molecule has 2 aromatic heterocycles. The molecule has 0 bridgehead atoms. The van der Waals surface area contributed by atoms with Crippen molar-refractivity contribution in [3.05, 3.63) is 253 Å². The van der Waals surface area contributed by atoms with Crippen molar-refractivity contribution in [2.75, 3.05) is 0 Å². The normalized spacial score (nSPS) is 12.9. The number of benzene rings is 10. The average Bonchev–Trinajstić information content (AvgIpc) is 4.02. The molecule has 10 aromatic carbocycles. The molecule has 0 unspecified atom stereocenters. The summed E-state index contributed by atoms with van der Waals surface area (Å²) in [5.74, 6) is 0. The van der Waals surface area contributed by atoms with Gasteiger partial charge >= 0.3 is 0 Å². The summed E-state index contributed by atoms with van der Waals surface area (Å²) in [6.45, 7) is 2.19. The van der Waals surface area contributed by atoms with Crippen molar-refractivity contribution in [2.45, 2.75) is 6.92 Å².